The van der Waals surface area contributed by atoms with Gasteiger partial charge < -0.3 is 67.5 Å². The smallest absolute Gasteiger partial charge is 0.343 e. The van der Waals surface area contributed by atoms with Crippen LogP contribution in [0, 0.1) is 0 Å². The molecule has 0 fully saturated rings. The van der Waals surface area contributed by atoms with Gasteiger partial charge >= 0.3 is 47.8 Å². The number of nitrogens with zero attached hydrogens (tertiary/aromatic N) is 2. The van der Waals surface area contributed by atoms with Gasteiger partial charge in [0.15, 0.2) is 33.3 Å². The number of thiazole rings is 2. The SMILES string of the molecule is C=CC(=O)OCCCCCCOc1ccc(C(=O)Oc2ccc(OC(=O)c3ccc(OCCCCCCOC(=O)C=C)cc3)c3sc(N/C=C/C=C/Nc4nc5c(OC(=O)c6ccc(OCCCCCCOC(=O)C=C)cc6)ccc(OC(=O)c6ccc(OCCCCCCOC(=O)C=C)cc6)c5s4)nc23)cc1. The standard InChI is InChI=1S/C82H86N4O20S2/c1-5-69(87)99-53-23-13-9-19-49-95-61-35-27-57(28-36-61)77(91)103-65-43-45-67(105-79(93)59-31-39-63(40-32-59)97-51-21-11-15-25-55-101-71(89)7-3)75-73(65)85-81(107-75)83-47-17-18-48-84-82-86-74-66(104-78(92)58-29-37-62(38-30-58)96-50-20-10-14-24-54-100-70(88)6-2)44-46-68(76(74)108-82)106-80(94)60-33-41-64(42-34-60)98-52-22-12-16-26-56-102-72(90)8-4/h5-8,17-18,27-48H,1-4,9-16,19-26,49-56H2,(H,83,85)(H,84,86)/b47-17+,48-18+. The Morgan fingerprint density at radius 1 is 0.306 bits per heavy atom. The van der Waals surface area contributed by atoms with Crippen LogP contribution in [0.5, 0.6) is 46.0 Å². The fourth-order valence-corrected chi connectivity index (χ4v) is 11.8. The van der Waals surface area contributed by atoms with E-state index in [0.29, 0.717) is 95.5 Å². The van der Waals surface area contributed by atoms with Gasteiger partial charge in [0.05, 0.1) is 75.1 Å². The van der Waals surface area contributed by atoms with Gasteiger partial charge in [-0.05, 0) is 236 Å². The van der Waals surface area contributed by atoms with Gasteiger partial charge in [-0.2, -0.15) is 0 Å². The number of anilines is 2. The molecule has 0 atom stereocenters. The van der Waals surface area contributed by atoms with Crippen molar-refractivity contribution in [3.05, 3.63) is 219 Å². The van der Waals surface area contributed by atoms with Crippen LogP contribution in [0.3, 0.4) is 0 Å². The third-order valence-electron chi connectivity index (χ3n) is 15.7. The van der Waals surface area contributed by atoms with E-state index in [2.05, 4.69) is 36.9 Å². The Morgan fingerprint density at radius 3 is 0.787 bits per heavy atom. The summed E-state index contributed by atoms with van der Waals surface area (Å²) in [5, 5.41) is 6.98. The highest BCUT2D eigenvalue weighted by molar-refractivity contribution is 7.23. The van der Waals surface area contributed by atoms with Crippen molar-refractivity contribution < 1.29 is 95.2 Å². The first-order valence-corrected chi connectivity index (χ1v) is 37.0. The number of ether oxygens (including phenoxy) is 12. The van der Waals surface area contributed by atoms with Gasteiger partial charge in [-0.15, -0.1) is 0 Å². The van der Waals surface area contributed by atoms with Crippen molar-refractivity contribution in [2.24, 2.45) is 0 Å². The highest BCUT2D eigenvalue weighted by Gasteiger charge is 2.23. The van der Waals surface area contributed by atoms with Crippen LogP contribution in [0.25, 0.3) is 20.4 Å². The summed E-state index contributed by atoms with van der Waals surface area (Å²) < 4.78 is 68.4. The van der Waals surface area contributed by atoms with Crippen LogP contribution < -0.4 is 48.5 Å². The van der Waals surface area contributed by atoms with E-state index in [1.54, 1.807) is 122 Å². The lowest BCUT2D eigenvalue weighted by atomic mass is 10.2. The average molecular weight is 1510 g/mol. The number of aromatic nitrogens is 2. The molecule has 2 aromatic heterocycles. The number of hydrogen-bond donors (Lipinski definition) is 2. The Kier molecular flexibility index (Phi) is 34.4. The Hall–Kier alpha value is -11.9. The summed E-state index contributed by atoms with van der Waals surface area (Å²) in [6.07, 6.45) is 24.1. The lowest BCUT2D eigenvalue weighted by Crippen LogP contribution is -2.10. The van der Waals surface area contributed by atoms with Gasteiger partial charge in [0.25, 0.3) is 0 Å². The Morgan fingerprint density at radius 2 is 0.537 bits per heavy atom. The van der Waals surface area contributed by atoms with Crippen LogP contribution in [-0.4, -0.2) is 111 Å². The monoisotopic (exact) mass is 1510 g/mol. The summed E-state index contributed by atoms with van der Waals surface area (Å²) in [4.78, 5) is 110. The van der Waals surface area contributed by atoms with Crippen LogP contribution in [0.15, 0.2) is 196 Å². The van der Waals surface area contributed by atoms with Crippen molar-refractivity contribution in [3.8, 4) is 46.0 Å². The number of benzene rings is 6. The van der Waals surface area contributed by atoms with Crippen molar-refractivity contribution in [2.45, 2.75) is 103 Å². The van der Waals surface area contributed by atoms with Crippen molar-refractivity contribution in [1.82, 2.24) is 9.97 Å². The molecule has 108 heavy (non-hydrogen) atoms. The average Bonchev–Trinajstić information content (AvgIpc) is 1.63. The summed E-state index contributed by atoms with van der Waals surface area (Å²) in [6, 6.07) is 32.2. The van der Waals surface area contributed by atoms with E-state index in [4.69, 9.17) is 66.8 Å². The van der Waals surface area contributed by atoms with E-state index in [0.717, 1.165) is 150 Å². The molecule has 0 spiro atoms. The van der Waals surface area contributed by atoms with Crippen molar-refractivity contribution >= 4 is 101 Å². The van der Waals surface area contributed by atoms with Crippen LogP contribution in [0.2, 0.25) is 0 Å². The molecule has 566 valence electrons. The topological polar surface area (TPSA) is 297 Å². The maximum absolute atomic E-state index is 13.7. The van der Waals surface area contributed by atoms with E-state index in [1.807, 2.05) is 0 Å². The van der Waals surface area contributed by atoms with E-state index in [-0.39, 0.29) is 56.3 Å². The van der Waals surface area contributed by atoms with E-state index >= 15 is 0 Å². The van der Waals surface area contributed by atoms with E-state index < -0.39 is 47.8 Å². The van der Waals surface area contributed by atoms with Crippen molar-refractivity contribution in [3.63, 3.8) is 0 Å². The molecule has 0 aliphatic heterocycles. The van der Waals surface area contributed by atoms with Gasteiger partial charge in [0.2, 0.25) is 0 Å². The lowest BCUT2D eigenvalue weighted by molar-refractivity contribution is -0.138. The van der Waals surface area contributed by atoms with Gasteiger partial charge in [-0.25, -0.2) is 48.3 Å². The van der Waals surface area contributed by atoms with Crippen LogP contribution >= 0.6 is 22.7 Å². The Bertz CT molecular complexity index is 3860. The highest BCUT2D eigenvalue weighted by atomic mass is 32.1. The molecule has 6 aromatic carbocycles. The Labute approximate surface area is 633 Å². The van der Waals surface area contributed by atoms with Gasteiger partial charge in [-0.3, -0.25) is 0 Å². The van der Waals surface area contributed by atoms with E-state index in [1.165, 1.54) is 24.3 Å². The summed E-state index contributed by atoms with van der Waals surface area (Å²) in [5.74, 6) is -1.67. The summed E-state index contributed by atoms with van der Waals surface area (Å²) in [6.45, 7) is 16.7. The molecule has 0 saturated carbocycles. The largest absolute Gasteiger partial charge is 0.494 e. The summed E-state index contributed by atoms with van der Waals surface area (Å²) in [5.41, 5.74) is 1.45. The number of esters is 8. The second-order valence-corrected chi connectivity index (χ2v) is 25.7. The molecule has 0 saturated heterocycles. The maximum atomic E-state index is 13.7. The first-order valence-electron chi connectivity index (χ1n) is 35.4. The first-order chi connectivity index (χ1) is 52.7. The minimum Gasteiger partial charge on any atom is -0.494 e. The molecule has 0 bridgehead atoms. The number of fused-ring (bicyclic) bond motifs is 2. The van der Waals surface area contributed by atoms with Gasteiger partial charge in [-0.1, -0.05) is 49.0 Å². The molecule has 0 amide bonds. The molecule has 0 aliphatic carbocycles. The van der Waals surface area contributed by atoms with Crippen molar-refractivity contribution in [2.75, 3.05) is 63.5 Å². The number of carbonyl (C=O) groups is 8. The molecule has 2 N–H and O–H groups in total. The molecule has 2 heterocycles. The number of allylic oxidation sites excluding steroid dienone is 2. The quantitative estimate of drug-likeness (QED) is 0.00894. The molecule has 0 aliphatic rings. The van der Waals surface area contributed by atoms with Crippen LogP contribution in [-0.2, 0) is 38.1 Å². The molecule has 24 nitrogen and oxygen atoms in total. The molecule has 0 radical (unpaired) electrons. The fourth-order valence-electron chi connectivity index (χ4n) is 10.0. The minimum atomic E-state index is -0.672. The maximum Gasteiger partial charge on any atom is 0.343 e. The normalized spacial score (nSPS) is 10.9. The number of rotatable bonds is 49. The molecule has 8 rings (SSSR count). The zero-order valence-corrected chi connectivity index (χ0v) is 61.5. The number of unbranched alkanes of at least 4 members (excludes halogenated alkanes) is 12. The zero-order valence-electron chi connectivity index (χ0n) is 59.8. The summed E-state index contributed by atoms with van der Waals surface area (Å²) >= 11 is 2.28. The van der Waals surface area contributed by atoms with Gasteiger partial charge in [0, 0.05) is 36.7 Å². The second-order valence-electron chi connectivity index (χ2n) is 23.7. The fraction of sp³-hybridized carbons (Fsp3) is 0.293. The van der Waals surface area contributed by atoms with Gasteiger partial charge in [0.1, 0.15) is 43.4 Å². The first kappa shape index (κ1) is 81.8. The number of carbonyl (C=O) groups excluding carboxylic acids is 8. The van der Waals surface area contributed by atoms with E-state index in [9.17, 15) is 38.4 Å². The minimum absolute atomic E-state index is 0.0982. The highest BCUT2D eigenvalue weighted by Crippen LogP contribution is 2.42. The third kappa shape index (κ3) is 27.9. The second kappa shape index (κ2) is 45.5. The molecular weight excluding hydrogens is 1430 g/mol. The number of hydrogen-bond acceptors (Lipinski definition) is 26. The zero-order chi connectivity index (χ0) is 76.5. The predicted octanol–water partition coefficient (Wildman–Crippen LogP) is 17.0. The Balaban J connectivity index is 0.929. The van der Waals surface area contributed by atoms with Crippen LogP contribution in [0.1, 0.15) is 144 Å². The summed E-state index contributed by atoms with van der Waals surface area (Å²) in [7, 11) is 0. The number of nitrogens with one attached hydrogen (secondary N) is 2. The lowest BCUT2D eigenvalue weighted by Gasteiger charge is -2.10. The van der Waals surface area contributed by atoms with Crippen LogP contribution in [0.4, 0.5) is 10.3 Å². The van der Waals surface area contributed by atoms with Crippen molar-refractivity contribution in [1.29, 1.82) is 0 Å². The third-order valence-corrected chi connectivity index (χ3v) is 17.7. The molecule has 0 unspecified atom stereocenters. The molecular formula is C82H86N4O20S2. The molecule has 8 aromatic rings. The molecule has 26 heteroatoms. The predicted molar refractivity (Wildman–Crippen MR) is 411 cm³/mol.